The molecule has 0 saturated carbocycles. The summed E-state index contributed by atoms with van der Waals surface area (Å²) in [6, 6.07) is 2.73. The first kappa shape index (κ1) is 20.5. The minimum atomic E-state index is -4.42. The van der Waals surface area contributed by atoms with Crippen molar-refractivity contribution in [2.75, 3.05) is 17.6 Å². The fraction of sp³-hybridized carbons (Fsp3) is 0.211. The number of primary amides is 1. The predicted molar refractivity (Wildman–Crippen MR) is 110 cm³/mol. The van der Waals surface area contributed by atoms with E-state index in [1.807, 2.05) is 0 Å². The van der Waals surface area contributed by atoms with Crippen molar-refractivity contribution in [3.8, 4) is 0 Å². The van der Waals surface area contributed by atoms with E-state index in [1.165, 1.54) is 6.21 Å². The maximum absolute atomic E-state index is 12.7. The normalized spacial score (nSPS) is 24.1. The van der Waals surface area contributed by atoms with Gasteiger partial charge < -0.3 is 32.8 Å². The van der Waals surface area contributed by atoms with Crippen LogP contribution in [0.4, 0.5) is 24.5 Å². The van der Waals surface area contributed by atoms with E-state index in [9.17, 15) is 18.0 Å². The lowest BCUT2D eigenvalue weighted by molar-refractivity contribution is -0.125. The van der Waals surface area contributed by atoms with Gasteiger partial charge >= 0.3 is 6.18 Å². The number of anilines is 2. The molecule has 0 aromatic heterocycles. The van der Waals surface area contributed by atoms with Crippen molar-refractivity contribution in [2.24, 2.45) is 10.7 Å². The van der Waals surface area contributed by atoms with E-state index in [2.05, 4.69) is 26.3 Å². The molecule has 3 heterocycles. The van der Waals surface area contributed by atoms with E-state index in [4.69, 9.17) is 16.9 Å². The van der Waals surface area contributed by atoms with Crippen LogP contribution in [0.25, 0.3) is 0 Å². The van der Waals surface area contributed by atoms with E-state index in [0.29, 0.717) is 33.8 Å². The lowest BCUT2D eigenvalue weighted by Crippen LogP contribution is -2.45. The molecule has 1 aromatic rings. The van der Waals surface area contributed by atoms with Crippen LogP contribution in [0.2, 0.25) is 0 Å². The van der Waals surface area contributed by atoms with Crippen LogP contribution >= 0.6 is 0 Å². The highest BCUT2D eigenvalue weighted by molar-refractivity contribution is 5.97. The van der Waals surface area contributed by atoms with Crippen molar-refractivity contribution in [2.45, 2.75) is 18.4 Å². The van der Waals surface area contributed by atoms with E-state index in [0.717, 1.165) is 6.21 Å². The van der Waals surface area contributed by atoms with Gasteiger partial charge in [-0.1, -0.05) is 6.08 Å². The minimum absolute atomic E-state index is 0.0504. The van der Waals surface area contributed by atoms with Crippen LogP contribution in [-0.2, 0) is 4.79 Å². The Balaban J connectivity index is 1.79. The molecule has 3 aliphatic rings. The van der Waals surface area contributed by atoms with Gasteiger partial charge in [-0.25, -0.2) is 0 Å². The quantitative estimate of drug-likeness (QED) is 0.278. The number of halogens is 3. The van der Waals surface area contributed by atoms with Gasteiger partial charge in [0.2, 0.25) is 0 Å². The Labute approximate surface area is 174 Å². The topological polar surface area (TPSA) is 153 Å². The highest BCUT2D eigenvalue weighted by Crippen LogP contribution is 2.43. The second-order valence-electron chi connectivity index (χ2n) is 7.04. The number of dihydropyridines is 1. The molecule has 1 amide bonds. The molecule has 9 nitrogen and oxygen atoms in total. The van der Waals surface area contributed by atoms with Gasteiger partial charge in [0, 0.05) is 40.5 Å². The van der Waals surface area contributed by atoms with Gasteiger partial charge in [0.1, 0.15) is 17.7 Å². The summed E-state index contributed by atoms with van der Waals surface area (Å²) in [7, 11) is 0. The van der Waals surface area contributed by atoms with Gasteiger partial charge in [-0.2, -0.15) is 13.2 Å². The number of allylic oxidation sites excluding steroid dienone is 1. The van der Waals surface area contributed by atoms with Crippen molar-refractivity contribution in [3.63, 3.8) is 0 Å². The summed E-state index contributed by atoms with van der Waals surface area (Å²) in [6.45, 7) is -1.24. The number of aliphatic imine (C=N–C) groups is 1. The smallest absolute Gasteiger partial charge is 0.398 e. The summed E-state index contributed by atoms with van der Waals surface area (Å²) >= 11 is 0. The fourth-order valence-electron chi connectivity index (χ4n) is 3.72. The van der Waals surface area contributed by atoms with Crippen LogP contribution in [-0.4, -0.2) is 37.2 Å². The van der Waals surface area contributed by atoms with Crippen LogP contribution in [0, 0.1) is 5.41 Å². The molecule has 12 heteroatoms. The molecule has 0 saturated heterocycles. The lowest BCUT2D eigenvalue weighted by atomic mass is 9.96. The van der Waals surface area contributed by atoms with Crippen molar-refractivity contribution in [1.82, 2.24) is 16.0 Å². The molecule has 2 atom stereocenters. The van der Waals surface area contributed by atoms with Crippen molar-refractivity contribution in [1.29, 1.82) is 5.41 Å². The Morgan fingerprint density at radius 1 is 1.32 bits per heavy atom. The molecule has 0 bridgehead atoms. The van der Waals surface area contributed by atoms with Crippen molar-refractivity contribution in [3.05, 3.63) is 58.2 Å². The van der Waals surface area contributed by atoms with Gasteiger partial charge in [-0.15, -0.1) is 0 Å². The second-order valence-corrected chi connectivity index (χ2v) is 7.04. The number of carbonyl (C=O) groups excluding carboxylic acids is 1. The molecule has 9 N–H and O–H groups in total. The summed E-state index contributed by atoms with van der Waals surface area (Å²) in [5, 5.41) is 19.3. The first-order chi connectivity index (χ1) is 14.7. The van der Waals surface area contributed by atoms with E-state index in [-0.39, 0.29) is 11.5 Å². The summed E-state index contributed by atoms with van der Waals surface area (Å²) in [4.78, 5) is 16.2. The third-order valence-corrected chi connectivity index (χ3v) is 5.04. The van der Waals surface area contributed by atoms with Crippen LogP contribution in [0.3, 0.4) is 0 Å². The summed E-state index contributed by atoms with van der Waals surface area (Å²) in [5.74, 6) is -0.490. The van der Waals surface area contributed by atoms with E-state index < -0.39 is 30.8 Å². The molecular formula is C19H19F3N8O. The molecule has 3 aliphatic heterocycles. The number of hydrogen-bond acceptors (Lipinski definition) is 8. The zero-order valence-electron chi connectivity index (χ0n) is 16.0. The van der Waals surface area contributed by atoms with Crippen LogP contribution in [0.1, 0.15) is 17.2 Å². The minimum Gasteiger partial charge on any atom is -0.398 e. The zero-order chi connectivity index (χ0) is 22.3. The molecule has 31 heavy (non-hydrogen) atoms. The molecule has 4 rings (SSSR count). The molecule has 1 aromatic carbocycles. The van der Waals surface area contributed by atoms with Crippen molar-refractivity contribution >= 4 is 29.7 Å². The Morgan fingerprint density at radius 3 is 2.77 bits per heavy atom. The predicted octanol–water partition coefficient (Wildman–Crippen LogP) is 0.953. The standard InChI is InChI=1S/C19H19F3N8O/c20-19(21,22)7-27-17-8(2-1-5-26-17)18-29-13-12-9(6-23)10(24)3-4-11(12)28-14(13)15(30-18)16(25)31/h1-6,13,17,23,27-30H,7,24H2,(H2,25,31)/b18-8+,23-6?. The third-order valence-electron chi connectivity index (χ3n) is 5.04. The number of benzene rings is 1. The number of nitrogens with two attached hydrogens (primary N) is 2. The number of alkyl halides is 3. The number of fused-ring (bicyclic) bond motifs is 3. The largest absolute Gasteiger partial charge is 0.401 e. The molecular weight excluding hydrogens is 413 g/mol. The number of carbonyl (C=O) groups is 1. The van der Waals surface area contributed by atoms with E-state index in [1.54, 1.807) is 24.3 Å². The first-order valence-corrected chi connectivity index (χ1v) is 9.21. The molecule has 0 radical (unpaired) electrons. The van der Waals surface area contributed by atoms with Gasteiger partial charge in [0.15, 0.2) is 0 Å². The highest BCUT2D eigenvalue weighted by Gasteiger charge is 2.39. The summed E-state index contributed by atoms with van der Waals surface area (Å²) in [6.07, 6.45) is 0.225. The highest BCUT2D eigenvalue weighted by atomic mass is 19.4. The van der Waals surface area contributed by atoms with Crippen molar-refractivity contribution < 1.29 is 18.0 Å². The van der Waals surface area contributed by atoms with Gasteiger partial charge in [-0.05, 0) is 18.2 Å². The zero-order valence-corrected chi connectivity index (χ0v) is 16.0. The SMILES string of the molecule is N=Cc1c(N)ccc2c1C1N/C(=C3/C=CC=NC3NCC(F)(F)F)NC(C(N)=O)=C1N2. The molecule has 0 fully saturated rings. The van der Waals surface area contributed by atoms with E-state index >= 15 is 0 Å². The lowest BCUT2D eigenvalue weighted by Gasteiger charge is -2.31. The second kappa shape index (κ2) is 7.47. The van der Waals surface area contributed by atoms with Crippen LogP contribution in [0.15, 0.2) is 52.1 Å². The number of nitrogen functional groups attached to an aromatic ring is 1. The monoisotopic (exact) mass is 432 g/mol. The number of amides is 1. The molecule has 2 unspecified atom stereocenters. The fourth-order valence-corrected chi connectivity index (χ4v) is 3.72. The first-order valence-electron chi connectivity index (χ1n) is 9.21. The number of nitrogens with one attached hydrogen (secondary N) is 5. The number of hydrogen-bond donors (Lipinski definition) is 7. The van der Waals surface area contributed by atoms with Gasteiger partial charge in [0.25, 0.3) is 5.91 Å². The Bertz CT molecular complexity index is 1090. The number of nitrogens with zero attached hydrogens (tertiary/aromatic N) is 1. The molecule has 162 valence electrons. The van der Waals surface area contributed by atoms with Crippen LogP contribution in [0.5, 0.6) is 0 Å². The average Bonchev–Trinajstić information content (AvgIpc) is 3.09. The summed E-state index contributed by atoms with van der Waals surface area (Å²) in [5.41, 5.74) is 14.5. The number of rotatable bonds is 4. The van der Waals surface area contributed by atoms with Gasteiger partial charge in [-0.3, -0.25) is 15.1 Å². The maximum atomic E-state index is 12.7. The van der Waals surface area contributed by atoms with Gasteiger partial charge in [0.05, 0.1) is 18.3 Å². The Morgan fingerprint density at radius 2 is 2.10 bits per heavy atom. The Kier molecular flexibility index (Phi) is 4.93. The molecule has 0 spiro atoms. The maximum Gasteiger partial charge on any atom is 0.401 e. The third kappa shape index (κ3) is 3.72. The molecule has 0 aliphatic carbocycles. The Hall–Kier alpha value is -3.80. The average molecular weight is 432 g/mol. The summed E-state index contributed by atoms with van der Waals surface area (Å²) < 4.78 is 38.2. The van der Waals surface area contributed by atoms with Crippen LogP contribution < -0.4 is 32.7 Å².